The minimum atomic E-state index is -0.571. The molecule has 6 nitrogen and oxygen atoms in total. The molecule has 116 valence electrons. The van der Waals surface area contributed by atoms with Crippen LogP contribution in [0.3, 0.4) is 0 Å². The van der Waals surface area contributed by atoms with Crippen LogP contribution in [0, 0.1) is 0 Å². The maximum Gasteiger partial charge on any atom is 0.252 e. The van der Waals surface area contributed by atoms with Crippen molar-refractivity contribution in [1.29, 1.82) is 0 Å². The van der Waals surface area contributed by atoms with Crippen LogP contribution in [0.4, 0.5) is 5.82 Å². The van der Waals surface area contributed by atoms with Crippen LogP contribution in [0.15, 0.2) is 12.1 Å². The van der Waals surface area contributed by atoms with E-state index in [2.05, 4.69) is 27.9 Å². The second-order valence-electron chi connectivity index (χ2n) is 4.82. The van der Waals surface area contributed by atoms with Gasteiger partial charge in [0, 0.05) is 24.8 Å². The molecule has 1 aromatic heterocycles. The molecule has 3 N–H and O–H groups in total. The summed E-state index contributed by atoms with van der Waals surface area (Å²) in [6, 6.07) is 2.88. The number of nitrogens with zero attached hydrogens (tertiary/aromatic N) is 1. The predicted octanol–water partition coefficient (Wildman–Crippen LogP) is 1.33. The highest BCUT2D eigenvalue weighted by atomic mass is 16.2. The second kappa shape index (κ2) is 8.24. The monoisotopic (exact) mass is 292 g/mol. The molecule has 0 aliphatic rings. The van der Waals surface area contributed by atoms with E-state index in [9.17, 15) is 9.59 Å². The van der Waals surface area contributed by atoms with Crippen LogP contribution in [0.1, 0.15) is 43.2 Å². The topological polar surface area (TPSA) is 83.1 Å². The number of amides is 2. The molecule has 2 amide bonds. The van der Waals surface area contributed by atoms with Gasteiger partial charge in [-0.1, -0.05) is 13.3 Å². The molecule has 0 saturated heterocycles. The van der Waals surface area contributed by atoms with E-state index in [0.717, 1.165) is 18.5 Å². The molecule has 1 rings (SSSR count). The van der Waals surface area contributed by atoms with Gasteiger partial charge in [0.05, 0.1) is 0 Å². The number of hydrogen-bond donors (Lipinski definition) is 3. The van der Waals surface area contributed by atoms with E-state index in [4.69, 9.17) is 0 Å². The summed E-state index contributed by atoms with van der Waals surface area (Å²) in [5.74, 6) is 0.185. The van der Waals surface area contributed by atoms with E-state index in [1.165, 1.54) is 0 Å². The molecule has 6 heteroatoms. The van der Waals surface area contributed by atoms with Crippen molar-refractivity contribution >= 4 is 17.6 Å². The van der Waals surface area contributed by atoms with Crippen molar-refractivity contribution in [3.05, 3.63) is 23.4 Å². The first-order chi connectivity index (χ1) is 10.0. The third kappa shape index (κ3) is 5.06. The summed E-state index contributed by atoms with van der Waals surface area (Å²) in [4.78, 5) is 28.3. The summed E-state index contributed by atoms with van der Waals surface area (Å²) in [6.07, 6.45) is 1.76. The Morgan fingerprint density at radius 2 is 2.00 bits per heavy atom. The van der Waals surface area contributed by atoms with Gasteiger partial charge in [0.2, 0.25) is 5.91 Å². The minimum Gasteiger partial charge on any atom is -0.373 e. The van der Waals surface area contributed by atoms with Crippen LogP contribution >= 0.6 is 0 Å². The maximum atomic E-state index is 12.2. The lowest BCUT2D eigenvalue weighted by Gasteiger charge is -2.14. The zero-order valence-corrected chi connectivity index (χ0v) is 13.1. The van der Waals surface area contributed by atoms with Crippen LogP contribution in [0.25, 0.3) is 0 Å². The third-order valence-corrected chi connectivity index (χ3v) is 2.99. The molecule has 0 radical (unpaired) electrons. The lowest BCUT2D eigenvalue weighted by atomic mass is 10.1. The molecule has 0 aliphatic heterocycles. The summed E-state index contributed by atoms with van der Waals surface area (Å²) in [6.45, 7) is 6.10. The van der Waals surface area contributed by atoms with Gasteiger partial charge in [-0.2, -0.15) is 0 Å². The average Bonchev–Trinajstić information content (AvgIpc) is 2.47. The Labute approximate surface area is 125 Å². The standard InChI is InChI=1S/C15H24N4O2/c1-5-7-12-8-11(9-13(16-4)19-12)15(21)18-10(3)14(20)17-6-2/h8-10H,5-7H2,1-4H3,(H,16,19)(H,17,20)(H,18,21). The number of aromatic nitrogens is 1. The fraction of sp³-hybridized carbons (Fsp3) is 0.533. The largest absolute Gasteiger partial charge is 0.373 e. The molecular weight excluding hydrogens is 268 g/mol. The summed E-state index contributed by atoms with van der Waals surface area (Å²) in [7, 11) is 1.76. The zero-order valence-electron chi connectivity index (χ0n) is 13.1. The van der Waals surface area contributed by atoms with E-state index in [1.807, 2.05) is 6.92 Å². The van der Waals surface area contributed by atoms with E-state index in [1.54, 1.807) is 26.1 Å². The maximum absolute atomic E-state index is 12.2. The highest BCUT2D eigenvalue weighted by Gasteiger charge is 2.16. The lowest BCUT2D eigenvalue weighted by molar-refractivity contribution is -0.122. The van der Waals surface area contributed by atoms with Gasteiger partial charge in [-0.05, 0) is 32.4 Å². The van der Waals surface area contributed by atoms with Gasteiger partial charge in [-0.15, -0.1) is 0 Å². The van der Waals surface area contributed by atoms with Crippen molar-refractivity contribution in [1.82, 2.24) is 15.6 Å². The molecule has 0 fully saturated rings. The lowest BCUT2D eigenvalue weighted by Crippen LogP contribution is -2.44. The van der Waals surface area contributed by atoms with Gasteiger partial charge in [0.1, 0.15) is 11.9 Å². The SMILES string of the molecule is CCCc1cc(C(=O)NC(C)C(=O)NCC)cc(NC)n1. The number of pyridine rings is 1. The normalized spacial score (nSPS) is 11.6. The first kappa shape index (κ1) is 16.9. The number of anilines is 1. The highest BCUT2D eigenvalue weighted by Crippen LogP contribution is 2.12. The Morgan fingerprint density at radius 3 is 2.57 bits per heavy atom. The highest BCUT2D eigenvalue weighted by molar-refractivity contribution is 5.98. The number of likely N-dealkylation sites (N-methyl/N-ethyl adjacent to an activating group) is 1. The number of rotatable bonds is 7. The molecule has 0 saturated carbocycles. The Kier molecular flexibility index (Phi) is 6.65. The number of hydrogen-bond acceptors (Lipinski definition) is 4. The fourth-order valence-corrected chi connectivity index (χ4v) is 1.90. The number of carbonyl (C=O) groups excluding carboxylic acids is 2. The predicted molar refractivity (Wildman–Crippen MR) is 83.4 cm³/mol. The summed E-state index contributed by atoms with van der Waals surface area (Å²) in [5, 5.41) is 8.32. The molecular formula is C15H24N4O2. The number of aryl methyl sites for hydroxylation is 1. The second-order valence-corrected chi connectivity index (χ2v) is 4.82. The van der Waals surface area contributed by atoms with Crippen LogP contribution in [-0.2, 0) is 11.2 Å². The number of nitrogens with one attached hydrogen (secondary N) is 3. The van der Waals surface area contributed by atoms with Crippen molar-refractivity contribution in [3.8, 4) is 0 Å². The Morgan fingerprint density at radius 1 is 1.29 bits per heavy atom. The number of carbonyl (C=O) groups is 2. The molecule has 1 unspecified atom stereocenters. The van der Waals surface area contributed by atoms with Gasteiger partial charge in [0.25, 0.3) is 5.91 Å². The van der Waals surface area contributed by atoms with Gasteiger partial charge < -0.3 is 16.0 Å². The first-order valence-electron chi connectivity index (χ1n) is 7.29. The van der Waals surface area contributed by atoms with E-state index in [-0.39, 0.29) is 11.8 Å². The van der Waals surface area contributed by atoms with Crippen LogP contribution < -0.4 is 16.0 Å². The Hall–Kier alpha value is -2.11. The average molecular weight is 292 g/mol. The van der Waals surface area contributed by atoms with E-state index < -0.39 is 6.04 Å². The molecule has 0 bridgehead atoms. The minimum absolute atomic E-state index is 0.192. The molecule has 1 heterocycles. The van der Waals surface area contributed by atoms with Gasteiger partial charge in [-0.3, -0.25) is 9.59 Å². The van der Waals surface area contributed by atoms with Crippen LogP contribution in [0.2, 0.25) is 0 Å². The first-order valence-corrected chi connectivity index (χ1v) is 7.29. The van der Waals surface area contributed by atoms with E-state index >= 15 is 0 Å². The van der Waals surface area contributed by atoms with Gasteiger partial charge >= 0.3 is 0 Å². The molecule has 0 spiro atoms. The van der Waals surface area contributed by atoms with Gasteiger partial charge in [-0.25, -0.2) is 4.98 Å². The molecule has 21 heavy (non-hydrogen) atoms. The molecule has 1 atom stereocenters. The van der Waals surface area contributed by atoms with Gasteiger partial charge in [0.15, 0.2) is 0 Å². The molecule has 0 aliphatic carbocycles. The van der Waals surface area contributed by atoms with Crippen molar-refractivity contribution in [2.24, 2.45) is 0 Å². The summed E-state index contributed by atoms with van der Waals surface area (Å²) in [5.41, 5.74) is 1.37. The Balaban J connectivity index is 2.86. The van der Waals surface area contributed by atoms with Crippen molar-refractivity contribution in [3.63, 3.8) is 0 Å². The van der Waals surface area contributed by atoms with Crippen LogP contribution in [0.5, 0.6) is 0 Å². The third-order valence-electron chi connectivity index (χ3n) is 2.99. The zero-order chi connectivity index (χ0) is 15.8. The summed E-state index contributed by atoms with van der Waals surface area (Å²) >= 11 is 0. The quantitative estimate of drug-likeness (QED) is 0.708. The molecule has 1 aromatic rings. The van der Waals surface area contributed by atoms with Crippen molar-refractivity contribution in [2.45, 2.75) is 39.7 Å². The van der Waals surface area contributed by atoms with Crippen LogP contribution in [-0.4, -0.2) is 36.4 Å². The Bertz CT molecular complexity index is 502. The molecule has 0 aromatic carbocycles. The van der Waals surface area contributed by atoms with Crippen molar-refractivity contribution < 1.29 is 9.59 Å². The van der Waals surface area contributed by atoms with E-state index in [0.29, 0.717) is 17.9 Å². The summed E-state index contributed by atoms with van der Waals surface area (Å²) < 4.78 is 0. The smallest absolute Gasteiger partial charge is 0.252 e. The van der Waals surface area contributed by atoms with Crippen molar-refractivity contribution in [2.75, 3.05) is 18.9 Å². The fourth-order valence-electron chi connectivity index (χ4n) is 1.90.